The molecule has 2 aromatic rings. The van der Waals surface area contributed by atoms with Crippen molar-refractivity contribution in [2.24, 2.45) is 0 Å². The first-order valence-electron chi connectivity index (χ1n) is 5.55. The molecule has 0 aromatic carbocycles. The van der Waals surface area contributed by atoms with Crippen molar-refractivity contribution in [3.63, 3.8) is 0 Å². The molecule has 2 aromatic heterocycles. The van der Waals surface area contributed by atoms with Crippen LogP contribution in [0.2, 0.25) is 5.02 Å². The van der Waals surface area contributed by atoms with E-state index in [9.17, 15) is 0 Å². The van der Waals surface area contributed by atoms with E-state index in [1.54, 1.807) is 10.7 Å². The van der Waals surface area contributed by atoms with E-state index < -0.39 is 0 Å². The maximum absolute atomic E-state index is 5.97. The summed E-state index contributed by atoms with van der Waals surface area (Å²) in [5.41, 5.74) is 1.84. The van der Waals surface area contributed by atoms with Crippen molar-refractivity contribution in [2.75, 3.05) is 0 Å². The maximum Gasteiger partial charge on any atom is 0.153 e. The summed E-state index contributed by atoms with van der Waals surface area (Å²) >= 11 is 11.8. The number of hydrogen-bond acceptors (Lipinski definition) is 2. The number of hydrogen-bond donors (Lipinski definition) is 0. The van der Waals surface area contributed by atoms with Crippen molar-refractivity contribution < 1.29 is 0 Å². The fourth-order valence-corrected chi connectivity index (χ4v) is 2.20. The molecule has 2 heterocycles. The van der Waals surface area contributed by atoms with Gasteiger partial charge in [0.25, 0.3) is 0 Å². The summed E-state index contributed by atoms with van der Waals surface area (Å²) in [7, 11) is 0. The minimum absolute atomic E-state index is 0.309. The second kappa shape index (κ2) is 4.31. The average Bonchev–Trinajstić information content (AvgIpc) is 3.08. The highest BCUT2D eigenvalue weighted by Gasteiger charge is 2.25. The third-order valence-electron chi connectivity index (χ3n) is 2.87. The van der Waals surface area contributed by atoms with Crippen LogP contribution in [0.1, 0.15) is 30.1 Å². The summed E-state index contributed by atoms with van der Waals surface area (Å²) in [4.78, 5) is 4.39. The highest BCUT2D eigenvalue weighted by Crippen LogP contribution is 2.39. The zero-order valence-corrected chi connectivity index (χ0v) is 10.6. The fraction of sp³-hybridized carbons (Fsp3) is 0.333. The molecule has 1 aliphatic carbocycles. The highest BCUT2D eigenvalue weighted by molar-refractivity contribution is 6.32. The summed E-state index contributed by atoms with van der Waals surface area (Å²) in [5, 5.41) is 5.11. The van der Waals surface area contributed by atoms with Gasteiger partial charge in [-0.1, -0.05) is 11.6 Å². The van der Waals surface area contributed by atoms with E-state index in [1.165, 1.54) is 12.8 Å². The largest absolute Gasteiger partial charge is 0.231 e. The fourth-order valence-electron chi connectivity index (χ4n) is 1.76. The van der Waals surface area contributed by atoms with Gasteiger partial charge in [0.05, 0.1) is 22.3 Å². The highest BCUT2D eigenvalue weighted by atomic mass is 35.5. The number of aromatic nitrogens is 3. The van der Waals surface area contributed by atoms with Crippen LogP contribution in [0.25, 0.3) is 5.82 Å². The van der Waals surface area contributed by atoms with Crippen LogP contribution >= 0.6 is 23.2 Å². The van der Waals surface area contributed by atoms with Gasteiger partial charge in [0.15, 0.2) is 5.82 Å². The van der Waals surface area contributed by atoms with E-state index in [2.05, 4.69) is 10.1 Å². The zero-order chi connectivity index (χ0) is 11.8. The van der Waals surface area contributed by atoms with Gasteiger partial charge in [-0.15, -0.1) is 11.6 Å². The Morgan fingerprint density at radius 2 is 2.12 bits per heavy atom. The van der Waals surface area contributed by atoms with Gasteiger partial charge in [0.2, 0.25) is 0 Å². The summed E-state index contributed by atoms with van der Waals surface area (Å²) in [6.45, 7) is 0. The molecule has 88 valence electrons. The molecule has 1 aliphatic rings. The van der Waals surface area contributed by atoms with E-state index in [0.29, 0.717) is 22.5 Å². The third-order valence-corrected chi connectivity index (χ3v) is 3.47. The van der Waals surface area contributed by atoms with E-state index in [0.717, 1.165) is 11.5 Å². The van der Waals surface area contributed by atoms with Gasteiger partial charge in [0.1, 0.15) is 0 Å². The van der Waals surface area contributed by atoms with Crippen LogP contribution in [-0.2, 0) is 5.88 Å². The zero-order valence-electron chi connectivity index (χ0n) is 9.11. The molecule has 0 aliphatic heterocycles. The average molecular weight is 268 g/mol. The van der Waals surface area contributed by atoms with Gasteiger partial charge in [-0.05, 0) is 31.0 Å². The second-order valence-corrected chi connectivity index (χ2v) is 4.87. The van der Waals surface area contributed by atoms with Crippen molar-refractivity contribution in [3.05, 3.63) is 40.8 Å². The first-order valence-corrected chi connectivity index (χ1v) is 6.46. The normalized spacial score (nSPS) is 15.2. The Morgan fingerprint density at radius 1 is 1.29 bits per heavy atom. The van der Waals surface area contributed by atoms with E-state index >= 15 is 0 Å². The molecule has 0 atom stereocenters. The van der Waals surface area contributed by atoms with E-state index in [4.69, 9.17) is 23.2 Å². The van der Waals surface area contributed by atoms with Crippen LogP contribution in [0.15, 0.2) is 24.4 Å². The van der Waals surface area contributed by atoms with Crippen LogP contribution in [0, 0.1) is 0 Å². The van der Waals surface area contributed by atoms with Crippen LogP contribution in [0.4, 0.5) is 0 Å². The quantitative estimate of drug-likeness (QED) is 0.797. The molecular weight excluding hydrogens is 257 g/mol. The molecule has 0 saturated heterocycles. The van der Waals surface area contributed by atoms with Gasteiger partial charge in [0, 0.05) is 12.1 Å². The number of halogens is 2. The maximum atomic E-state index is 5.97. The topological polar surface area (TPSA) is 30.7 Å². The standard InChI is InChI=1S/C12H11Cl2N3/c13-7-11-9(14)3-4-12(15-11)17-6-5-10(16-17)8-1-2-8/h3-6,8H,1-2,7H2. The molecule has 3 nitrogen and oxygen atoms in total. The van der Waals surface area contributed by atoms with Crippen molar-refractivity contribution in [1.29, 1.82) is 0 Å². The SMILES string of the molecule is ClCc1nc(-n2ccc(C3CC3)n2)ccc1Cl. The van der Waals surface area contributed by atoms with Crippen LogP contribution < -0.4 is 0 Å². The molecule has 5 heteroatoms. The Balaban J connectivity index is 1.96. The molecule has 1 fully saturated rings. The lowest BCUT2D eigenvalue weighted by atomic mass is 10.3. The predicted octanol–water partition coefficient (Wildman–Crippen LogP) is 3.54. The molecule has 0 unspecified atom stereocenters. The molecule has 0 spiro atoms. The van der Waals surface area contributed by atoms with Crippen molar-refractivity contribution in [1.82, 2.24) is 14.8 Å². The number of nitrogens with zero attached hydrogens (tertiary/aromatic N) is 3. The lowest BCUT2D eigenvalue weighted by molar-refractivity contribution is 0.808. The number of rotatable bonds is 3. The first kappa shape index (κ1) is 11.1. The van der Waals surface area contributed by atoms with Crippen LogP contribution in [0.3, 0.4) is 0 Å². The number of alkyl halides is 1. The number of pyridine rings is 1. The van der Waals surface area contributed by atoms with Gasteiger partial charge >= 0.3 is 0 Å². The Bertz CT molecular complexity index is 546. The molecule has 0 radical (unpaired) electrons. The summed E-state index contributed by atoms with van der Waals surface area (Å²) in [6, 6.07) is 5.70. The van der Waals surface area contributed by atoms with E-state index in [-0.39, 0.29) is 0 Å². The van der Waals surface area contributed by atoms with Gasteiger partial charge < -0.3 is 0 Å². The van der Waals surface area contributed by atoms with E-state index in [1.807, 2.05) is 18.3 Å². The van der Waals surface area contributed by atoms with Crippen molar-refractivity contribution in [2.45, 2.75) is 24.6 Å². The molecule has 3 rings (SSSR count). The lowest BCUT2D eigenvalue weighted by Gasteiger charge is -2.04. The molecule has 1 saturated carbocycles. The molecule has 0 amide bonds. The Hall–Kier alpha value is -1.06. The minimum atomic E-state index is 0.309. The summed E-state index contributed by atoms with van der Waals surface area (Å²) in [6.07, 6.45) is 4.43. The van der Waals surface area contributed by atoms with Crippen LogP contribution in [-0.4, -0.2) is 14.8 Å². The van der Waals surface area contributed by atoms with Crippen molar-refractivity contribution >= 4 is 23.2 Å². The molecule has 0 bridgehead atoms. The third kappa shape index (κ3) is 2.17. The van der Waals surface area contributed by atoms with Crippen LogP contribution in [0.5, 0.6) is 0 Å². The van der Waals surface area contributed by atoms with Gasteiger partial charge in [-0.3, -0.25) is 0 Å². The van der Waals surface area contributed by atoms with Crippen molar-refractivity contribution in [3.8, 4) is 5.82 Å². The molecule has 0 N–H and O–H groups in total. The molecular formula is C12H11Cl2N3. The Morgan fingerprint density at radius 3 is 2.82 bits per heavy atom. The monoisotopic (exact) mass is 267 g/mol. The smallest absolute Gasteiger partial charge is 0.153 e. The van der Waals surface area contributed by atoms with Gasteiger partial charge in [-0.2, -0.15) is 5.10 Å². The second-order valence-electron chi connectivity index (χ2n) is 4.19. The predicted molar refractivity (Wildman–Crippen MR) is 67.9 cm³/mol. The Kier molecular flexibility index (Phi) is 2.81. The minimum Gasteiger partial charge on any atom is -0.231 e. The first-order chi connectivity index (χ1) is 8.28. The molecule has 17 heavy (non-hydrogen) atoms. The Labute approximate surface area is 109 Å². The van der Waals surface area contributed by atoms with Gasteiger partial charge in [-0.25, -0.2) is 9.67 Å². The lowest BCUT2D eigenvalue weighted by Crippen LogP contribution is -2.01. The summed E-state index contributed by atoms with van der Waals surface area (Å²) in [5.74, 6) is 1.72. The summed E-state index contributed by atoms with van der Waals surface area (Å²) < 4.78 is 1.78.